The lowest BCUT2D eigenvalue weighted by atomic mass is 10.1. The summed E-state index contributed by atoms with van der Waals surface area (Å²) in [4.78, 5) is 11.2. The van der Waals surface area contributed by atoms with E-state index < -0.39 is 19.4 Å². The topological polar surface area (TPSA) is 63.6 Å². The van der Waals surface area contributed by atoms with Gasteiger partial charge in [-0.25, -0.2) is 4.79 Å². The van der Waals surface area contributed by atoms with Crippen LogP contribution in [0.4, 0.5) is 0 Å². The Morgan fingerprint density at radius 3 is 2.61 bits per heavy atom. The fourth-order valence-electron chi connectivity index (χ4n) is 1.60. The lowest BCUT2D eigenvalue weighted by Gasteiger charge is -2.03. The molecule has 18 heavy (non-hydrogen) atoms. The van der Waals surface area contributed by atoms with Gasteiger partial charge in [0.05, 0.1) is 6.61 Å². The van der Waals surface area contributed by atoms with Gasteiger partial charge < -0.3 is 9.84 Å². The molecule has 0 fully saturated rings. The maximum Gasteiger partial charge on any atom is 0.356 e. The van der Waals surface area contributed by atoms with Crippen LogP contribution in [-0.4, -0.2) is 36.1 Å². The van der Waals surface area contributed by atoms with Gasteiger partial charge in [0.1, 0.15) is 0 Å². The molecule has 1 N–H and O–H groups in total. The van der Waals surface area contributed by atoms with Crippen molar-refractivity contribution in [3.05, 3.63) is 35.9 Å². The van der Waals surface area contributed by atoms with Crippen LogP contribution in [0.3, 0.4) is 0 Å². The molecule has 5 heteroatoms. The van der Waals surface area contributed by atoms with Crippen LogP contribution in [0.25, 0.3) is 0 Å². The van der Waals surface area contributed by atoms with Gasteiger partial charge in [-0.2, -0.15) is 0 Å². The Labute approximate surface area is 108 Å². The number of ether oxygens (including phenoxy) is 1. The summed E-state index contributed by atoms with van der Waals surface area (Å²) in [6.07, 6.45) is 0.602. The molecule has 0 saturated heterocycles. The minimum atomic E-state index is -1.79. The highest BCUT2D eigenvalue weighted by Crippen LogP contribution is 2.30. The fraction of sp³-hybridized carbons (Fsp3) is 0.462. The zero-order valence-corrected chi connectivity index (χ0v) is 11.3. The number of carbonyl (C=O) groups is 1. The van der Waals surface area contributed by atoms with Crippen molar-refractivity contribution in [1.82, 2.24) is 0 Å². The Balaban J connectivity index is 2.60. The maximum atomic E-state index is 12.0. The third kappa shape index (κ3) is 4.94. The molecular formula is C13H18O4P+. The van der Waals surface area contributed by atoms with Gasteiger partial charge in [-0.05, 0) is 12.5 Å². The second-order valence-electron chi connectivity index (χ2n) is 3.88. The molecule has 1 unspecified atom stereocenters. The average Bonchev–Trinajstić information content (AvgIpc) is 2.37. The smallest absolute Gasteiger partial charge is 0.356 e. The van der Waals surface area contributed by atoms with Gasteiger partial charge >= 0.3 is 13.8 Å². The first-order chi connectivity index (χ1) is 8.65. The highest BCUT2D eigenvalue weighted by atomic mass is 31.1. The zero-order chi connectivity index (χ0) is 13.4. The highest BCUT2D eigenvalue weighted by Gasteiger charge is 2.36. The molecular weight excluding hydrogens is 251 g/mol. The van der Waals surface area contributed by atoms with E-state index in [0.717, 1.165) is 5.56 Å². The van der Waals surface area contributed by atoms with Crippen LogP contribution < -0.4 is 0 Å². The minimum Gasteiger partial charge on any atom is -0.478 e. The molecule has 1 aromatic carbocycles. The first-order valence-corrected chi connectivity index (χ1v) is 7.44. The summed E-state index contributed by atoms with van der Waals surface area (Å²) in [5.41, 5.74) is 0.0625. The molecule has 0 amide bonds. The Kier molecular flexibility index (Phi) is 6.55. The van der Waals surface area contributed by atoms with Gasteiger partial charge in [0.2, 0.25) is 0 Å². The monoisotopic (exact) mass is 269 g/mol. The molecule has 0 radical (unpaired) electrons. The number of rotatable bonds is 8. The lowest BCUT2D eigenvalue weighted by Crippen LogP contribution is -2.20. The molecule has 0 aliphatic heterocycles. The van der Waals surface area contributed by atoms with Crippen LogP contribution in [-0.2, 0) is 20.5 Å². The van der Waals surface area contributed by atoms with E-state index >= 15 is 0 Å². The molecule has 1 rings (SSSR count). The molecule has 0 heterocycles. The van der Waals surface area contributed by atoms with Crippen molar-refractivity contribution in [2.75, 3.05) is 19.4 Å². The summed E-state index contributed by atoms with van der Waals surface area (Å²) in [7, 11) is -1.79. The number of carboxylic acid groups (broad SMARTS) is 1. The quantitative estimate of drug-likeness (QED) is 0.582. The molecule has 1 aromatic rings. The summed E-state index contributed by atoms with van der Waals surface area (Å²) in [6.45, 7) is 2.76. The first kappa shape index (κ1) is 14.8. The van der Waals surface area contributed by atoms with Crippen LogP contribution in [0.5, 0.6) is 0 Å². The van der Waals surface area contributed by atoms with Crippen molar-refractivity contribution in [2.45, 2.75) is 19.0 Å². The van der Waals surface area contributed by atoms with Gasteiger partial charge in [0.25, 0.3) is 5.66 Å². The largest absolute Gasteiger partial charge is 0.478 e. The van der Waals surface area contributed by atoms with Crippen molar-refractivity contribution >= 4 is 13.8 Å². The van der Waals surface area contributed by atoms with E-state index in [1.165, 1.54) is 0 Å². The van der Waals surface area contributed by atoms with E-state index in [1.54, 1.807) is 0 Å². The average molecular weight is 269 g/mol. The van der Waals surface area contributed by atoms with Gasteiger partial charge in [-0.3, -0.25) is 0 Å². The molecule has 4 nitrogen and oxygen atoms in total. The van der Waals surface area contributed by atoms with E-state index in [4.69, 9.17) is 9.84 Å². The minimum absolute atomic E-state index is 0.299. The van der Waals surface area contributed by atoms with E-state index in [9.17, 15) is 9.36 Å². The van der Waals surface area contributed by atoms with Crippen LogP contribution in [0.2, 0.25) is 0 Å². The second kappa shape index (κ2) is 7.96. The van der Waals surface area contributed by atoms with Crippen LogP contribution >= 0.6 is 7.80 Å². The number of hydrogen-bond donors (Lipinski definition) is 1. The van der Waals surface area contributed by atoms with E-state index in [1.807, 2.05) is 37.3 Å². The zero-order valence-electron chi connectivity index (χ0n) is 10.4. The molecule has 98 valence electrons. The summed E-state index contributed by atoms with van der Waals surface area (Å²) < 4.78 is 17.1. The lowest BCUT2D eigenvalue weighted by molar-refractivity contribution is -0.136. The summed E-state index contributed by atoms with van der Waals surface area (Å²) in [5, 5.41) is 9.14. The fourth-order valence-corrected chi connectivity index (χ4v) is 2.89. The third-order valence-corrected chi connectivity index (χ3v) is 4.29. The molecule has 0 bridgehead atoms. The summed E-state index contributed by atoms with van der Waals surface area (Å²) >= 11 is 0. The Morgan fingerprint density at radius 1 is 1.39 bits per heavy atom. The Morgan fingerprint density at radius 2 is 2.06 bits per heavy atom. The summed E-state index contributed by atoms with van der Waals surface area (Å²) in [6, 6.07) is 9.26. The SMILES string of the molecule is CCOCC[P+](=O)[C@@H](Cc1ccccc1)C(=O)O. The molecule has 0 saturated carbocycles. The molecule has 0 spiro atoms. The van der Waals surface area contributed by atoms with Gasteiger partial charge in [-0.15, -0.1) is 0 Å². The number of hydrogen-bond acceptors (Lipinski definition) is 3. The number of carboxylic acids is 1. The normalized spacial score (nSPS) is 13.1. The van der Waals surface area contributed by atoms with Gasteiger partial charge in [0, 0.05) is 13.0 Å². The van der Waals surface area contributed by atoms with E-state index in [2.05, 4.69) is 0 Å². The van der Waals surface area contributed by atoms with Crippen LogP contribution in [0, 0.1) is 0 Å². The predicted molar refractivity (Wildman–Crippen MR) is 70.5 cm³/mol. The third-order valence-electron chi connectivity index (χ3n) is 2.56. The number of benzene rings is 1. The van der Waals surface area contributed by atoms with Gasteiger partial charge in [0.15, 0.2) is 6.16 Å². The van der Waals surface area contributed by atoms with Crippen molar-refractivity contribution < 1.29 is 19.2 Å². The standard InChI is InChI=1S/C13H17O4P/c1-2-17-8-9-18(16)12(13(14)15)10-11-6-4-3-5-7-11/h3-7,12H,2,8-10H2,1H3/p+1/t12-/m0/s1. The molecule has 0 aliphatic rings. The van der Waals surface area contributed by atoms with Gasteiger partial charge in [-0.1, -0.05) is 34.9 Å². The van der Waals surface area contributed by atoms with E-state index in [0.29, 0.717) is 25.8 Å². The second-order valence-corrected chi connectivity index (χ2v) is 5.79. The Bertz CT molecular complexity index is 391. The van der Waals surface area contributed by atoms with Crippen LogP contribution in [0.1, 0.15) is 12.5 Å². The molecule has 0 aromatic heterocycles. The van der Waals surface area contributed by atoms with Crippen molar-refractivity contribution in [3.63, 3.8) is 0 Å². The van der Waals surface area contributed by atoms with Crippen molar-refractivity contribution in [2.24, 2.45) is 0 Å². The van der Waals surface area contributed by atoms with Crippen molar-refractivity contribution in [3.8, 4) is 0 Å². The predicted octanol–water partition coefficient (Wildman–Crippen LogP) is 2.55. The molecule has 0 aliphatic carbocycles. The maximum absolute atomic E-state index is 12.0. The Hall–Kier alpha value is -1.25. The first-order valence-electron chi connectivity index (χ1n) is 5.93. The van der Waals surface area contributed by atoms with Crippen LogP contribution in [0.15, 0.2) is 30.3 Å². The van der Waals surface area contributed by atoms with Crippen molar-refractivity contribution in [1.29, 1.82) is 0 Å². The number of aliphatic carboxylic acids is 1. The highest BCUT2D eigenvalue weighted by molar-refractivity contribution is 7.46. The van der Waals surface area contributed by atoms with E-state index in [-0.39, 0.29) is 0 Å². The summed E-state index contributed by atoms with van der Waals surface area (Å²) in [5.74, 6) is -1.00. The molecule has 2 atom stereocenters.